The summed E-state index contributed by atoms with van der Waals surface area (Å²) in [5.74, 6) is 1.91. The molecule has 0 aliphatic rings. The zero-order chi connectivity index (χ0) is 26.9. The van der Waals surface area contributed by atoms with Crippen LogP contribution in [0, 0.1) is 5.82 Å². The number of pyridine rings is 1. The van der Waals surface area contributed by atoms with Crippen molar-refractivity contribution in [2.75, 3.05) is 43.0 Å². The number of thioether (sulfide) groups is 1. The highest BCUT2D eigenvalue weighted by Gasteiger charge is 2.16. The zero-order valence-electron chi connectivity index (χ0n) is 21.0. The van der Waals surface area contributed by atoms with E-state index in [2.05, 4.69) is 33.2 Å². The average molecular weight is 554 g/mol. The third-order valence-corrected chi connectivity index (χ3v) is 6.52. The molecule has 2 heterocycles. The Labute approximate surface area is 230 Å². The lowest BCUT2D eigenvalue weighted by Gasteiger charge is -2.14. The molecule has 11 heteroatoms. The maximum atomic E-state index is 13.6. The molecule has 0 radical (unpaired) electrons. The number of halogens is 1. The highest BCUT2D eigenvalue weighted by Crippen LogP contribution is 2.35. The van der Waals surface area contributed by atoms with E-state index in [4.69, 9.17) is 14.5 Å². The topological polar surface area (TPSA) is 101 Å². The fourth-order valence-electron chi connectivity index (χ4n) is 3.67. The molecule has 0 aliphatic heterocycles. The zero-order valence-corrected chi connectivity index (χ0v) is 22.7. The number of aromatic nitrogens is 3. The number of carbonyl (C=O) groups excluding carboxylic acids is 1. The fourth-order valence-corrected chi connectivity index (χ4v) is 4.65. The van der Waals surface area contributed by atoms with Crippen LogP contribution < -0.4 is 15.4 Å². The van der Waals surface area contributed by atoms with E-state index in [0.717, 1.165) is 27.7 Å². The SMILES string of the molecule is COCCSc1nc(-c2ccnc(Nc3cc(NC(=O)CCS)ccc3OC)c2)c(-c2ccc(F)cc2)[nH]1. The second-order valence-corrected chi connectivity index (χ2v) is 9.64. The number of methoxy groups -OCH3 is 2. The number of nitrogens with one attached hydrogen (secondary N) is 3. The highest BCUT2D eigenvalue weighted by molar-refractivity contribution is 7.99. The van der Waals surface area contributed by atoms with Crippen molar-refractivity contribution in [1.29, 1.82) is 0 Å². The molecule has 0 bridgehead atoms. The molecule has 0 saturated heterocycles. The van der Waals surface area contributed by atoms with Gasteiger partial charge in [-0.25, -0.2) is 14.4 Å². The minimum absolute atomic E-state index is 0.123. The lowest BCUT2D eigenvalue weighted by Crippen LogP contribution is -2.12. The number of carbonyl (C=O) groups is 1. The van der Waals surface area contributed by atoms with E-state index < -0.39 is 0 Å². The molecule has 0 spiro atoms. The first kappa shape index (κ1) is 27.5. The van der Waals surface area contributed by atoms with Crippen molar-refractivity contribution in [1.82, 2.24) is 15.0 Å². The van der Waals surface area contributed by atoms with Gasteiger partial charge in [0.15, 0.2) is 5.16 Å². The number of aromatic amines is 1. The van der Waals surface area contributed by atoms with Gasteiger partial charge in [-0.2, -0.15) is 12.6 Å². The molecule has 0 fully saturated rings. The monoisotopic (exact) mass is 553 g/mol. The number of ether oxygens (including phenoxy) is 2. The molecular weight excluding hydrogens is 525 g/mol. The van der Waals surface area contributed by atoms with Crippen LogP contribution in [0.1, 0.15) is 6.42 Å². The van der Waals surface area contributed by atoms with Crippen molar-refractivity contribution in [3.63, 3.8) is 0 Å². The minimum Gasteiger partial charge on any atom is -0.495 e. The number of amides is 1. The molecule has 4 aromatic rings. The summed E-state index contributed by atoms with van der Waals surface area (Å²) in [6, 6.07) is 15.3. The number of thiol groups is 1. The van der Waals surface area contributed by atoms with Gasteiger partial charge in [0.05, 0.1) is 30.8 Å². The van der Waals surface area contributed by atoms with Crippen LogP contribution in [-0.2, 0) is 9.53 Å². The predicted octanol–water partition coefficient (Wildman–Crippen LogP) is 6.03. The molecule has 198 valence electrons. The van der Waals surface area contributed by atoms with Crippen LogP contribution in [0.4, 0.5) is 21.6 Å². The number of nitrogens with zero attached hydrogens (tertiary/aromatic N) is 2. The molecule has 2 aromatic carbocycles. The van der Waals surface area contributed by atoms with Crippen LogP contribution in [0.3, 0.4) is 0 Å². The van der Waals surface area contributed by atoms with Crippen LogP contribution >= 0.6 is 24.4 Å². The van der Waals surface area contributed by atoms with Crippen LogP contribution in [0.5, 0.6) is 5.75 Å². The molecule has 0 aliphatic carbocycles. The van der Waals surface area contributed by atoms with Gasteiger partial charge in [-0.1, -0.05) is 11.8 Å². The van der Waals surface area contributed by atoms with E-state index in [-0.39, 0.29) is 11.7 Å². The first-order chi connectivity index (χ1) is 18.5. The number of imidazole rings is 1. The van der Waals surface area contributed by atoms with Crippen molar-refractivity contribution in [2.24, 2.45) is 0 Å². The Morgan fingerprint density at radius 3 is 2.66 bits per heavy atom. The van der Waals surface area contributed by atoms with Crippen LogP contribution in [-0.4, -0.2) is 53.2 Å². The van der Waals surface area contributed by atoms with E-state index in [1.165, 1.54) is 12.1 Å². The van der Waals surface area contributed by atoms with Crippen molar-refractivity contribution in [3.8, 4) is 28.3 Å². The summed E-state index contributed by atoms with van der Waals surface area (Å²) in [4.78, 5) is 24.7. The minimum atomic E-state index is -0.308. The van der Waals surface area contributed by atoms with Crippen molar-refractivity contribution >= 4 is 47.5 Å². The first-order valence-electron chi connectivity index (χ1n) is 11.8. The van der Waals surface area contributed by atoms with Crippen molar-refractivity contribution < 1.29 is 18.7 Å². The number of rotatable bonds is 12. The Balaban J connectivity index is 1.66. The largest absolute Gasteiger partial charge is 0.495 e. The van der Waals surface area contributed by atoms with Gasteiger partial charge in [-0.3, -0.25) is 4.79 Å². The van der Waals surface area contributed by atoms with E-state index in [9.17, 15) is 9.18 Å². The normalized spacial score (nSPS) is 10.8. The second-order valence-electron chi connectivity index (χ2n) is 8.11. The van der Waals surface area contributed by atoms with Crippen LogP contribution in [0.2, 0.25) is 0 Å². The molecule has 8 nitrogen and oxygen atoms in total. The maximum absolute atomic E-state index is 13.6. The maximum Gasteiger partial charge on any atom is 0.225 e. The number of anilines is 3. The Kier molecular flexibility index (Phi) is 9.63. The molecule has 4 rings (SSSR count). The van der Waals surface area contributed by atoms with E-state index in [1.807, 2.05) is 12.1 Å². The lowest BCUT2D eigenvalue weighted by atomic mass is 10.1. The van der Waals surface area contributed by atoms with Crippen LogP contribution in [0.25, 0.3) is 22.5 Å². The highest BCUT2D eigenvalue weighted by atomic mass is 32.2. The third kappa shape index (κ3) is 7.06. The van der Waals surface area contributed by atoms with E-state index >= 15 is 0 Å². The Hall–Kier alpha value is -3.54. The molecule has 0 saturated carbocycles. The molecule has 3 N–H and O–H groups in total. The molecule has 0 unspecified atom stereocenters. The Morgan fingerprint density at radius 1 is 1.11 bits per heavy atom. The number of benzene rings is 2. The number of hydrogen-bond donors (Lipinski definition) is 4. The van der Waals surface area contributed by atoms with Gasteiger partial charge >= 0.3 is 0 Å². The summed E-state index contributed by atoms with van der Waals surface area (Å²) >= 11 is 5.65. The predicted molar refractivity (Wildman–Crippen MR) is 153 cm³/mol. The van der Waals surface area contributed by atoms with Gasteiger partial charge in [0.25, 0.3) is 0 Å². The summed E-state index contributed by atoms with van der Waals surface area (Å²) in [5, 5.41) is 6.87. The number of H-pyrrole nitrogens is 1. The van der Waals surface area contributed by atoms with Gasteiger partial charge in [-0.15, -0.1) is 0 Å². The van der Waals surface area contributed by atoms with Gasteiger partial charge in [-0.05, 0) is 60.4 Å². The molecule has 0 atom stereocenters. The standard InChI is InChI=1S/C27H28FN5O3S2/c1-35-12-14-38-27-32-25(17-3-5-19(28)6-4-17)26(33-27)18-9-11-29-23(15-18)31-21-16-20(7-8-22(21)36-2)30-24(34)10-13-37/h3-9,11,15-16,37H,10,12-14H2,1-2H3,(H,29,31)(H,30,34)(H,32,33). The Morgan fingerprint density at radius 2 is 1.92 bits per heavy atom. The fraction of sp³-hybridized carbons (Fsp3) is 0.222. The van der Waals surface area contributed by atoms with Gasteiger partial charge in [0.2, 0.25) is 5.91 Å². The van der Waals surface area contributed by atoms with Gasteiger partial charge < -0.3 is 25.1 Å². The molecule has 2 aromatic heterocycles. The smallest absolute Gasteiger partial charge is 0.225 e. The van der Waals surface area contributed by atoms with Gasteiger partial charge in [0, 0.05) is 42.3 Å². The van der Waals surface area contributed by atoms with Crippen LogP contribution in [0.15, 0.2) is 66.0 Å². The van der Waals surface area contributed by atoms with Crippen molar-refractivity contribution in [2.45, 2.75) is 11.6 Å². The van der Waals surface area contributed by atoms with Crippen molar-refractivity contribution in [3.05, 3.63) is 66.6 Å². The quantitative estimate of drug-likeness (QED) is 0.0966. The summed E-state index contributed by atoms with van der Waals surface area (Å²) in [6.45, 7) is 0.589. The lowest BCUT2D eigenvalue weighted by molar-refractivity contribution is -0.115. The van der Waals surface area contributed by atoms with E-state index in [1.54, 1.807) is 62.5 Å². The Bertz CT molecular complexity index is 1380. The molecule has 38 heavy (non-hydrogen) atoms. The third-order valence-electron chi connectivity index (χ3n) is 5.46. The molecule has 1 amide bonds. The van der Waals surface area contributed by atoms with Gasteiger partial charge in [0.1, 0.15) is 17.4 Å². The molecular formula is C27H28FN5O3S2. The summed E-state index contributed by atoms with van der Waals surface area (Å²) in [6.07, 6.45) is 2.00. The first-order valence-corrected chi connectivity index (χ1v) is 13.4. The summed E-state index contributed by atoms with van der Waals surface area (Å²) in [5.41, 5.74) is 4.37. The summed E-state index contributed by atoms with van der Waals surface area (Å²) < 4.78 is 24.3. The van der Waals surface area contributed by atoms with E-state index in [0.29, 0.717) is 47.4 Å². The number of hydrogen-bond acceptors (Lipinski definition) is 8. The second kappa shape index (κ2) is 13.3. The average Bonchev–Trinajstić information content (AvgIpc) is 3.34. The summed E-state index contributed by atoms with van der Waals surface area (Å²) in [7, 11) is 3.23.